The average molecular weight is 449 g/mol. The van der Waals surface area contributed by atoms with E-state index in [0.717, 1.165) is 11.1 Å². The number of rotatable bonds is 7. The number of anilines is 1. The lowest BCUT2D eigenvalue weighted by Gasteiger charge is -2.05. The van der Waals surface area contributed by atoms with Crippen LogP contribution in [0, 0.1) is 6.92 Å². The minimum atomic E-state index is -0.252. The average Bonchev–Trinajstić information content (AvgIpc) is 3.54. The molecule has 0 bridgehead atoms. The number of amides is 1. The Kier molecular flexibility index (Phi) is 5.47. The Balaban J connectivity index is 1.17. The zero-order valence-corrected chi connectivity index (χ0v) is 18.1. The van der Waals surface area contributed by atoms with Gasteiger partial charge in [0.25, 0.3) is 5.91 Å². The van der Waals surface area contributed by atoms with Crippen molar-refractivity contribution in [1.82, 2.24) is 14.8 Å². The summed E-state index contributed by atoms with van der Waals surface area (Å²) in [6.45, 7) is 3.21. The van der Waals surface area contributed by atoms with Crippen molar-refractivity contribution >= 4 is 23.2 Å². The van der Waals surface area contributed by atoms with Crippen LogP contribution >= 0.6 is 11.3 Å². The van der Waals surface area contributed by atoms with Crippen LogP contribution in [0.25, 0.3) is 0 Å². The molecule has 32 heavy (non-hydrogen) atoms. The lowest BCUT2D eigenvalue weighted by molar-refractivity contribution is 0.102. The minimum absolute atomic E-state index is 0.223. The molecule has 0 unspecified atom stereocenters. The molecule has 1 aliphatic heterocycles. The molecule has 0 aliphatic carbocycles. The van der Waals surface area contributed by atoms with Crippen molar-refractivity contribution < 1.29 is 19.0 Å². The first kappa shape index (κ1) is 20.1. The molecule has 0 radical (unpaired) electrons. The molecule has 2 aromatic heterocycles. The van der Waals surface area contributed by atoms with Crippen LogP contribution in [-0.4, -0.2) is 27.5 Å². The van der Waals surface area contributed by atoms with Gasteiger partial charge < -0.3 is 14.2 Å². The topological polar surface area (TPSA) is 87.5 Å². The highest BCUT2D eigenvalue weighted by Crippen LogP contribution is 2.35. The fourth-order valence-corrected chi connectivity index (χ4v) is 4.05. The quantitative estimate of drug-likeness (QED) is 0.455. The van der Waals surface area contributed by atoms with Crippen LogP contribution in [-0.2, 0) is 13.2 Å². The predicted molar refractivity (Wildman–Crippen MR) is 119 cm³/mol. The van der Waals surface area contributed by atoms with Crippen LogP contribution in [0.3, 0.4) is 0 Å². The number of nitrogens with zero attached hydrogens (tertiary/aromatic N) is 3. The third-order valence-corrected chi connectivity index (χ3v) is 5.96. The molecular formula is C23H20N4O4S. The highest BCUT2D eigenvalue weighted by atomic mass is 32.1. The third kappa shape index (κ3) is 4.42. The molecule has 0 spiro atoms. The van der Waals surface area contributed by atoms with Gasteiger partial charge in [-0.25, -0.2) is 9.67 Å². The minimum Gasteiger partial charge on any atom is -0.489 e. The van der Waals surface area contributed by atoms with Crippen molar-refractivity contribution in [2.75, 3.05) is 12.1 Å². The number of hydrogen-bond donors (Lipinski definition) is 1. The summed E-state index contributed by atoms with van der Waals surface area (Å²) < 4.78 is 18.2. The van der Waals surface area contributed by atoms with Gasteiger partial charge in [-0.1, -0.05) is 24.3 Å². The van der Waals surface area contributed by atoms with E-state index >= 15 is 0 Å². The molecule has 0 fully saturated rings. The maximum atomic E-state index is 12.6. The second-order valence-corrected chi connectivity index (χ2v) is 8.18. The smallest absolute Gasteiger partial charge is 0.268 e. The van der Waals surface area contributed by atoms with Crippen molar-refractivity contribution in [3.63, 3.8) is 0 Å². The summed E-state index contributed by atoms with van der Waals surface area (Å²) in [5.74, 6) is 2.08. The number of carbonyl (C=O) groups is 1. The monoisotopic (exact) mass is 448 g/mol. The van der Waals surface area contributed by atoms with E-state index in [1.807, 2.05) is 35.7 Å². The Morgan fingerprint density at radius 2 is 2.06 bits per heavy atom. The van der Waals surface area contributed by atoms with Gasteiger partial charge in [0, 0.05) is 11.6 Å². The van der Waals surface area contributed by atoms with E-state index in [1.165, 1.54) is 16.9 Å². The molecule has 162 valence electrons. The zero-order chi connectivity index (χ0) is 21.9. The number of aromatic nitrogens is 3. The molecule has 0 saturated heterocycles. The van der Waals surface area contributed by atoms with Crippen molar-refractivity contribution in [3.8, 4) is 17.2 Å². The number of thiophene rings is 1. The molecule has 3 heterocycles. The number of benzene rings is 2. The normalized spacial score (nSPS) is 12.0. The fraction of sp³-hybridized carbons (Fsp3) is 0.174. The Hall–Kier alpha value is -3.85. The van der Waals surface area contributed by atoms with E-state index in [2.05, 4.69) is 28.4 Å². The molecule has 4 aromatic rings. The predicted octanol–water partition coefficient (Wildman–Crippen LogP) is 4.26. The van der Waals surface area contributed by atoms with Gasteiger partial charge in [-0.05, 0) is 41.6 Å². The van der Waals surface area contributed by atoms with E-state index in [1.54, 1.807) is 23.1 Å². The van der Waals surface area contributed by atoms with Gasteiger partial charge in [0.15, 0.2) is 11.5 Å². The van der Waals surface area contributed by atoms with Gasteiger partial charge in [-0.3, -0.25) is 10.1 Å². The number of aryl methyl sites for hydroxylation is 1. The number of ether oxygens (including phenoxy) is 3. The van der Waals surface area contributed by atoms with Gasteiger partial charge in [-0.2, -0.15) is 0 Å². The molecule has 1 N–H and O–H groups in total. The summed E-state index contributed by atoms with van der Waals surface area (Å²) in [7, 11) is 0. The summed E-state index contributed by atoms with van der Waals surface area (Å²) in [6.07, 6.45) is 1.61. The number of carbonyl (C=O) groups excluding carboxylic acids is 1. The molecule has 2 aromatic carbocycles. The van der Waals surface area contributed by atoms with E-state index in [9.17, 15) is 4.79 Å². The Bertz CT molecular complexity index is 1270. The SMILES string of the molecule is Cc1ccccc1Cn1cnc(NC(=O)c2cc(COc3ccc4c(c3)OCO4)cs2)n1. The molecule has 0 saturated carbocycles. The zero-order valence-electron chi connectivity index (χ0n) is 17.3. The first-order valence-electron chi connectivity index (χ1n) is 9.99. The van der Waals surface area contributed by atoms with Gasteiger partial charge in [0.05, 0.1) is 11.4 Å². The number of fused-ring (bicyclic) bond motifs is 1. The van der Waals surface area contributed by atoms with Crippen LogP contribution < -0.4 is 19.5 Å². The van der Waals surface area contributed by atoms with Crippen LogP contribution in [0.4, 0.5) is 5.95 Å². The molecule has 9 heteroatoms. The van der Waals surface area contributed by atoms with E-state index in [-0.39, 0.29) is 18.6 Å². The number of hydrogen-bond acceptors (Lipinski definition) is 7. The highest BCUT2D eigenvalue weighted by Gasteiger charge is 2.15. The van der Waals surface area contributed by atoms with Crippen molar-refractivity contribution in [1.29, 1.82) is 0 Å². The first-order chi connectivity index (χ1) is 15.6. The molecule has 5 rings (SSSR count). The van der Waals surface area contributed by atoms with Crippen molar-refractivity contribution in [2.45, 2.75) is 20.1 Å². The lowest BCUT2D eigenvalue weighted by Crippen LogP contribution is -2.12. The summed E-state index contributed by atoms with van der Waals surface area (Å²) in [6, 6.07) is 15.3. The molecule has 0 atom stereocenters. The lowest BCUT2D eigenvalue weighted by atomic mass is 10.1. The summed E-state index contributed by atoms with van der Waals surface area (Å²) in [4.78, 5) is 17.3. The largest absolute Gasteiger partial charge is 0.489 e. The second kappa shape index (κ2) is 8.72. The molecular weight excluding hydrogens is 428 g/mol. The van der Waals surface area contributed by atoms with Crippen molar-refractivity contribution in [3.05, 3.63) is 81.8 Å². The standard InChI is InChI=1S/C23H20N4O4S/c1-15-4-2-3-5-17(15)10-27-13-24-23(26-27)25-22(28)21-8-16(12-32-21)11-29-18-6-7-19-20(9-18)31-14-30-19/h2-9,12-13H,10-11,14H2,1H3,(H,25,26,28). The highest BCUT2D eigenvalue weighted by molar-refractivity contribution is 7.12. The maximum Gasteiger partial charge on any atom is 0.268 e. The van der Waals surface area contributed by atoms with Crippen LogP contribution in [0.5, 0.6) is 17.2 Å². The third-order valence-electron chi connectivity index (χ3n) is 4.98. The Labute approximate surface area is 188 Å². The van der Waals surface area contributed by atoms with E-state index in [0.29, 0.717) is 35.3 Å². The maximum absolute atomic E-state index is 12.6. The summed E-state index contributed by atoms with van der Waals surface area (Å²) in [5.41, 5.74) is 3.24. The Morgan fingerprint density at radius 1 is 1.19 bits per heavy atom. The van der Waals surface area contributed by atoms with Gasteiger partial charge in [0.1, 0.15) is 18.7 Å². The molecule has 1 amide bonds. The van der Waals surface area contributed by atoms with Crippen LogP contribution in [0.1, 0.15) is 26.4 Å². The van der Waals surface area contributed by atoms with Crippen LogP contribution in [0.15, 0.2) is 60.2 Å². The van der Waals surface area contributed by atoms with Gasteiger partial charge >= 0.3 is 0 Å². The van der Waals surface area contributed by atoms with Gasteiger partial charge in [0.2, 0.25) is 12.7 Å². The number of nitrogens with one attached hydrogen (secondary N) is 1. The summed E-state index contributed by atoms with van der Waals surface area (Å²) in [5, 5.41) is 9.00. The van der Waals surface area contributed by atoms with Gasteiger partial charge in [-0.15, -0.1) is 16.4 Å². The van der Waals surface area contributed by atoms with E-state index in [4.69, 9.17) is 14.2 Å². The Morgan fingerprint density at radius 3 is 2.97 bits per heavy atom. The second-order valence-electron chi connectivity index (χ2n) is 7.27. The molecule has 8 nitrogen and oxygen atoms in total. The fourth-order valence-electron chi connectivity index (χ4n) is 3.26. The summed E-state index contributed by atoms with van der Waals surface area (Å²) >= 11 is 1.34. The molecule has 1 aliphatic rings. The van der Waals surface area contributed by atoms with E-state index < -0.39 is 0 Å². The first-order valence-corrected chi connectivity index (χ1v) is 10.9. The van der Waals surface area contributed by atoms with Crippen LogP contribution in [0.2, 0.25) is 0 Å². The van der Waals surface area contributed by atoms with Crippen molar-refractivity contribution in [2.24, 2.45) is 0 Å².